The first kappa shape index (κ1) is 7.18. The largest absolute Gasteiger partial charge is 0.330 e. The van der Waals surface area contributed by atoms with Gasteiger partial charge < -0.3 is 5.73 Å². The first-order valence-corrected chi connectivity index (χ1v) is 2.18. The molecular weight excluding hydrogens is 117 g/mol. The van der Waals surface area contributed by atoms with Crippen LogP contribution in [0.15, 0.2) is 0 Å². The monoisotopic (exact) mass is 125 g/mol. The minimum atomic E-state index is -0.560. The molecule has 44 valence electrons. The van der Waals surface area contributed by atoms with Crippen LogP contribution in [0.25, 0.3) is 0 Å². The van der Waals surface area contributed by atoms with Crippen molar-refractivity contribution >= 4 is 12.4 Å². The van der Waals surface area contributed by atoms with Crippen molar-refractivity contribution in [1.29, 1.82) is 0 Å². The second-order valence-electron chi connectivity index (χ2n) is 1.75. The van der Waals surface area contributed by atoms with Gasteiger partial charge >= 0.3 is 0 Å². The van der Waals surface area contributed by atoms with E-state index in [2.05, 4.69) is 0 Å². The van der Waals surface area contributed by atoms with E-state index in [1.54, 1.807) is 0 Å². The Bertz CT molecular complexity index is 57.7. The van der Waals surface area contributed by atoms with Crippen molar-refractivity contribution in [2.24, 2.45) is 11.7 Å². The molecule has 1 aliphatic carbocycles. The van der Waals surface area contributed by atoms with Gasteiger partial charge in [-0.25, -0.2) is 4.39 Å². The molecule has 0 aliphatic heterocycles. The van der Waals surface area contributed by atoms with Crippen LogP contribution in [0.5, 0.6) is 0 Å². The van der Waals surface area contributed by atoms with Gasteiger partial charge in [-0.15, -0.1) is 12.4 Å². The lowest BCUT2D eigenvalue weighted by molar-refractivity contribution is 0.448. The Balaban J connectivity index is 0.000000360. The van der Waals surface area contributed by atoms with Gasteiger partial charge in [0, 0.05) is 5.92 Å². The minimum Gasteiger partial charge on any atom is -0.330 e. The van der Waals surface area contributed by atoms with Crippen molar-refractivity contribution in [3.8, 4) is 0 Å². The zero-order valence-electron chi connectivity index (χ0n) is 3.93. The van der Waals surface area contributed by atoms with Gasteiger partial charge in [-0.3, -0.25) is 0 Å². The summed E-state index contributed by atoms with van der Waals surface area (Å²) in [4.78, 5) is 0. The van der Waals surface area contributed by atoms with Crippen molar-refractivity contribution in [3.63, 3.8) is 0 Å². The smallest absolute Gasteiger partial charge is 0.105 e. The number of alkyl halides is 1. The third kappa shape index (κ3) is 1.61. The van der Waals surface area contributed by atoms with E-state index in [9.17, 15) is 4.39 Å². The van der Waals surface area contributed by atoms with Crippen LogP contribution < -0.4 is 5.73 Å². The predicted octanol–water partition coefficient (Wildman–Crippen LogP) is 0.725. The summed E-state index contributed by atoms with van der Waals surface area (Å²) in [5.74, 6) is 0.213. The van der Waals surface area contributed by atoms with Gasteiger partial charge in [0.25, 0.3) is 0 Å². The molecule has 1 aliphatic rings. The molecule has 1 fully saturated rings. The molecule has 0 radical (unpaired) electrons. The van der Waals surface area contributed by atoms with Crippen LogP contribution in [0.3, 0.4) is 0 Å². The van der Waals surface area contributed by atoms with Crippen molar-refractivity contribution in [3.05, 3.63) is 0 Å². The molecule has 0 aromatic rings. The van der Waals surface area contributed by atoms with Crippen molar-refractivity contribution < 1.29 is 4.39 Å². The Morgan fingerprint density at radius 2 is 2.14 bits per heavy atom. The third-order valence-corrected chi connectivity index (χ3v) is 1.14. The summed E-state index contributed by atoms with van der Waals surface area (Å²) < 4.78 is 11.7. The zero-order chi connectivity index (χ0) is 4.57. The molecule has 2 N–H and O–H groups in total. The number of hydrogen-bond acceptors (Lipinski definition) is 1. The van der Waals surface area contributed by atoms with Crippen molar-refractivity contribution in [1.82, 2.24) is 0 Å². The third-order valence-electron chi connectivity index (χ3n) is 1.14. The molecule has 0 spiro atoms. The van der Waals surface area contributed by atoms with Crippen LogP contribution in [0.2, 0.25) is 0 Å². The van der Waals surface area contributed by atoms with Gasteiger partial charge in [-0.2, -0.15) is 0 Å². The first-order chi connectivity index (χ1) is 2.84. The molecule has 0 bridgehead atoms. The van der Waals surface area contributed by atoms with Crippen LogP contribution in [0.1, 0.15) is 6.42 Å². The predicted molar refractivity (Wildman–Crippen MR) is 29.3 cm³/mol. The summed E-state index contributed by atoms with van der Waals surface area (Å²) in [6.45, 7) is 0.529. The summed E-state index contributed by atoms with van der Waals surface area (Å²) in [5.41, 5.74) is 5.08. The highest BCUT2D eigenvalue weighted by molar-refractivity contribution is 5.85. The fourth-order valence-electron chi connectivity index (χ4n) is 0.455. The van der Waals surface area contributed by atoms with Gasteiger partial charge in [0.1, 0.15) is 6.17 Å². The molecule has 0 amide bonds. The van der Waals surface area contributed by atoms with E-state index in [0.29, 0.717) is 13.0 Å². The standard InChI is InChI=1S/C4H8FN.ClH/c5-4-1-3(4)2-6;/h3-4H,1-2,6H2;1H/t3-,4+;/m0./s1. The van der Waals surface area contributed by atoms with E-state index < -0.39 is 6.17 Å². The molecule has 1 saturated carbocycles. The highest BCUT2D eigenvalue weighted by atomic mass is 35.5. The molecule has 1 nitrogen and oxygen atoms in total. The van der Waals surface area contributed by atoms with E-state index in [1.165, 1.54) is 0 Å². The lowest BCUT2D eigenvalue weighted by Gasteiger charge is -1.77. The second-order valence-corrected chi connectivity index (χ2v) is 1.75. The van der Waals surface area contributed by atoms with Crippen LogP contribution in [-0.4, -0.2) is 12.7 Å². The molecule has 0 unspecified atom stereocenters. The average Bonchev–Trinajstić information content (AvgIpc) is 2.19. The highest BCUT2D eigenvalue weighted by Crippen LogP contribution is 2.31. The van der Waals surface area contributed by atoms with Crippen LogP contribution in [-0.2, 0) is 0 Å². The molecule has 0 aromatic heterocycles. The number of halogens is 2. The van der Waals surface area contributed by atoms with E-state index in [1.807, 2.05) is 0 Å². The average molecular weight is 126 g/mol. The van der Waals surface area contributed by atoms with Crippen molar-refractivity contribution in [2.45, 2.75) is 12.6 Å². The summed E-state index contributed by atoms with van der Waals surface area (Å²) in [6, 6.07) is 0. The Morgan fingerprint density at radius 3 is 2.14 bits per heavy atom. The molecule has 0 heterocycles. The molecule has 0 aromatic carbocycles. The van der Waals surface area contributed by atoms with E-state index in [-0.39, 0.29) is 18.3 Å². The minimum absolute atomic E-state index is 0. The fraction of sp³-hybridized carbons (Fsp3) is 1.00. The SMILES string of the molecule is Cl.NC[C@@H]1C[C@H]1F. The maximum absolute atomic E-state index is 11.7. The van der Waals surface area contributed by atoms with Gasteiger partial charge in [-0.1, -0.05) is 0 Å². The first-order valence-electron chi connectivity index (χ1n) is 2.18. The molecule has 7 heavy (non-hydrogen) atoms. The molecular formula is C4H9ClFN. The normalized spacial score (nSPS) is 36.9. The van der Waals surface area contributed by atoms with E-state index in [4.69, 9.17) is 5.73 Å². The van der Waals surface area contributed by atoms with Crippen LogP contribution in [0, 0.1) is 5.92 Å². The van der Waals surface area contributed by atoms with E-state index >= 15 is 0 Å². The van der Waals surface area contributed by atoms with Gasteiger partial charge in [0.2, 0.25) is 0 Å². The maximum atomic E-state index is 11.7. The summed E-state index contributed by atoms with van der Waals surface area (Å²) in [6.07, 6.45) is 0.145. The molecule has 2 atom stereocenters. The van der Waals surface area contributed by atoms with Crippen molar-refractivity contribution in [2.75, 3.05) is 6.54 Å². The van der Waals surface area contributed by atoms with Gasteiger partial charge in [0.15, 0.2) is 0 Å². The Labute approximate surface area is 48.5 Å². The van der Waals surface area contributed by atoms with Crippen LogP contribution in [0.4, 0.5) is 4.39 Å². The summed E-state index contributed by atoms with van der Waals surface area (Å²) in [5, 5.41) is 0. The number of rotatable bonds is 1. The quantitative estimate of drug-likeness (QED) is 0.549. The Kier molecular flexibility index (Phi) is 2.54. The summed E-state index contributed by atoms with van der Waals surface area (Å²) in [7, 11) is 0. The van der Waals surface area contributed by atoms with Crippen LogP contribution >= 0.6 is 12.4 Å². The van der Waals surface area contributed by atoms with Gasteiger partial charge in [0.05, 0.1) is 0 Å². The fourth-order valence-corrected chi connectivity index (χ4v) is 0.455. The Morgan fingerprint density at radius 1 is 1.71 bits per heavy atom. The van der Waals surface area contributed by atoms with Gasteiger partial charge in [-0.05, 0) is 13.0 Å². The second kappa shape index (κ2) is 2.48. The maximum Gasteiger partial charge on any atom is 0.105 e. The highest BCUT2D eigenvalue weighted by Gasteiger charge is 2.35. The molecule has 1 rings (SSSR count). The van der Waals surface area contributed by atoms with E-state index in [0.717, 1.165) is 0 Å². The number of hydrogen-bond donors (Lipinski definition) is 1. The lowest BCUT2D eigenvalue weighted by atomic mass is 10.4. The zero-order valence-corrected chi connectivity index (χ0v) is 4.75. The molecule has 0 saturated heterocycles. The number of nitrogens with two attached hydrogens (primary N) is 1. The summed E-state index contributed by atoms with van der Waals surface area (Å²) >= 11 is 0. The Hall–Kier alpha value is 0.180. The topological polar surface area (TPSA) is 26.0 Å². The lowest BCUT2D eigenvalue weighted by Crippen LogP contribution is -2.01. The molecule has 3 heteroatoms.